The van der Waals surface area contributed by atoms with Crippen molar-refractivity contribution in [2.75, 3.05) is 21.7 Å². The van der Waals surface area contributed by atoms with Crippen LogP contribution in [0, 0.1) is 23.5 Å². The predicted octanol–water partition coefficient (Wildman–Crippen LogP) is 12.8. The van der Waals surface area contributed by atoms with Gasteiger partial charge in [0.2, 0.25) is 20.0 Å². The summed E-state index contributed by atoms with van der Waals surface area (Å²) in [6.07, 6.45) is -0.761. The fourth-order valence-electron chi connectivity index (χ4n) is 12.0. The second-order valence-corrected chi connectivity index (χ2v) is 29.2. The van der Waals surface area contributed by atoms with E-state index in [1.165, 1.54) is 36.4 Å². The lowest BCUT2D eigenvalue weighted by molar-refractivity contribution is -0.183. The van der Waals surface area contributed by atoms with Crippen molar-refractivity contribution in [3.05, 3.63) is 200 Å². The number of para-hydroxylation sites is 2. The molecule has 4 saturated carbocycles. The van der Waals surface area contributed by atoms with Crippen LogP contribution < -0.4 is 8.61 Å². The minimum atomic E-state index is -3.96. The molecule has 2 aliphatic heterocycles. The number of nitrogens with zero attached hydrogens (tertiary/aromatic N) is 4. The largest absolute Gasteiger partial charge is 0.481 e. The van der Waals surface area contributed by atoms with Crippen LogP contribution >= 0.6 is 46.4 Å². The van der Waals surface area contributed by atoms with Gasteiger partial charge in [-0.1, -0.05) is 119 Å². The van der Waals surface area contributed by atoms with Gasteiger partial charge in [0.15, 0.2) is 0 Å². The zero-order valence-electron chi connectivity index (χ0n) is 47.1. The maximum absolute atomic E-state index is 15.2. The van der Waals surface area contributed by atoms with Gasteiger partial charge < -0.3 is 29.5 Å². The maximum Gasteiger partial charge on any atom is 0.306 e. The number of hydrogen-bond acceptors (Lipinski definition) is 10. The summed E-state index contributed by atoms with van der Waals surface area (Å²) in [5.41, 5.74) is 2.40. The molecule has 6 aromatic carbocycles. The van der Waals surface area contributed by atoms with Gasteiger partial charge >= 0.3 is 11.9 Å². The molecular weight excluding hydrogens is 1260 g/mol. The Kier molecular flexibility index (Phi) is 18.8. The number of amides is 2. The Morgan fingerprint density at radius 2 is 0.841 bits per heavy atom. The van der Waals surface area contributed by atoms with Crippen LogP contribution in [0.2, 0.25) is 20.1 Å². The molecule has 0 radical (unpaired) electrons. The molecule has 2 saturated heterocycles. The molecule has 2 amide bonds. The van der Waals surface area contributed by atoms with Crippen LogP contribution in [0.3, 0.4) is 0 Å². The Morgan fingerprint density at radius 1 is 0.489 bits per heavy atom. The molecule has 0 aromatic heterocycles. The van der Waals surface area contributed by atoms with Gasteiger partial charge in [-0.3, -0.25) is 27.8 Å². The van der Waals surface area contributed by atoms with Crippen molar-refractivity contribution in [3.8, 4) is 0 Å². The maximum atomic E-state index is 15.2. The first-order chi connectivity index (χ1) is 42.1. The number of carboxylic acid groups (broad SMARTS) is 2. The molecule has 24 heteroatoms. The quantitative estimate of drug-likeness (QED) is 0.0651. The number of ether oxygens (including phenoxy) is 2. The van der Waals surface area contributed by atoms with E-state index >= 15 is 8.78 Å². The number of anilines is 2. The molecule has 8 atom stereocenters. The number of hydrogen-bond donors (Lipinski definition) is 2. The summed E-state index contributed by atoms with van der Waals surface area (Å²) in [5.74, 6) is -5.14. The zero-order valence-corrected chi connectivity index (χ0v) is 51.8. The number of aliphatic carboxylic acids is 2. The van der Waals surface area contributed by atoms with E-state index < -0.39 is 127 Å². The van der Waals surface area contributed by atoms with Crippen molar-refractivity contribution in [3.63, 3.8) is 0 Å². The summed E-state index contributed by atoms with van der Waals surface area (Å²) in [5, 5.41) is 20.0. The van der Waals surface area contributed by atoms with Crippen molar-refractivity contribution in [1.29, 1.82) is 0 Å². The van der Waals surface area contributed by atoms with Crippen molar-refractivity contribution in [2.45, 2.75) is 123 Å². The van der Waals surface area contributed by atoms with Gasteiger partial charge in [0.05, 0.1) is 72.0 Å². The SMILES string of the molecule is O=C(O)C[C@@H]1O[C@H](c2cccc(Cl)c2)[C@@H](c2ccc(Cl)cc2)N([C@H](CN(c2ccccc2F)S(=O)(=O)C2CC2)C2CC2)C1=O.O=C(O)C[C@H]1O[C@H](c2cccc(Cl)c2)[C@@H](c2ccc(Cl)cc2)N([C@H](CN(c2ccccc2F)S(=O)(=O)C2CC2)C2CC2)C1=O. The molecule has 464 valence electrons. The molecule has 88 heavy (non-hydrogen) atoms. The highest BCUT2D eigenvalue weighted by Crippen LogP contribution is 2.51. The van der Waals surface area contributed by atoms with Gasteiger partial charge in [-0.2, -0.15) is 0 Å². The number of halogens is 6. The number of carboxylic acids is 2. The van der Waals surface area contributed by atoms with Crippen molar-refractivity contribution < 1.29 is 64.5 Å². The lowest BCUT2D eigenvalue weighted by atomic mass is 9.89. The monoisotopic (exact) mass is 1320 g/mol. The fraction of sp³-hybridized carbons (Fsp3) is 0.375. The number of carbonyl (C=O) groups excluding carboxylic acids is 2. The van der Waals surface area contributed by atoms with E-state index in [4.69, 9.17) is 55.9 Å². The van der Waals surface area contributed by atoms with Crippen LogP contribution in [-0.4, -0.2) is 108 Å². The van der Waals surface area contributed by atoms with Crippen molar-refractivity contribution in [2.24, 2.45) is 11.8 Å². The van der Waals surface area contributed by atoms with Crippen molar-refractivity contribution in [1.82, 2.24) is 9.80 Å². The molecule has 2 N–H and O–H groups in total. The van der Waals surface area contributed by atoms with Crippen molar-refractivity contribution >= 4 is 102 Å². The molecule has 2 heterocycles. The van der Waals surface area contributed by atoms with Crippen LogP contribution in [0.5, 0.6) is 0 Å². The van der Waals surface area contributed by atoms with E-state index in [2.05, 4.69) is 0 Å². The average Bonchev–Trinajstić information content (AvgIpc) is 1.80. The number of benzene rings is 6. The van der Waals surface area contributed by atoms with E-state index in [1.807, 2.05) is 0 Å². The van der Waals surface area contributed by atoms with E-state index in [-0.39, 0.29) is 36.3 Å². The zero-order chi connectivity index (χ0) is 62.3. The average molecular weight is 1320 g/mol. The number of carbonyl (C=O) groups is 4. The summed E-state index contributed by atoms with van der Waals surface area (Å²) in [4.78, 5) is 55.7. The molecule has 0 unspecified atom stereocenters. The van der Waals surface area contributed by atoms with Gasteiger partial charge in [0.25, 0.3) is 11.8 Å². The summed E-state index contributed by atoms with van der Waals surface area (Å²) < 4.78 is 101. The first kappa shape index (κ1) is 63.2. The van der Waals surface area contributed by atoms with E-state index in [0.717, 1.165) is 34.3 Å². The van der Waals surface area contributed by atoms with Gasteiger partial charge in [-0.25, -0.2) is 25.6 Å². The molecule has 0 bridgehead atoms. The first-order valence-electron chi connectivity index (χ1n) is 29.0. The van der Waals surface area contributed by atoms with E-state index in [1.54, 1.807) is 119 Å². The lowest BCUT2D eigenvalue weighted by Crippen LogP contribution is -2.59. The topological polar surface area (TPSA) is 208 Å². The molecule has 6 aliphatic rings. The molecule has 4 aliphatic carbocycles. The highest BCUT2D eigenvalue weighted by molar-refractivity contribution is 7.94. The lowest BCUT2D eigenvalue weighted by Gasteiger charge is -2.49. The number of morpholine rings is 2. The molecule has 0 spiro atoms. The third-order valence-electron chi connectivity index (χ3n) is 16.9. The van der Waals surface area contributed by atoms with Gasteiger partial charge in [-0.15, -0.1) is 0 Å². The highest BCUT2D eigenvalue weighted by atomic mass is 35.5. The van der Waals surface area contributed by atoms with Crippen LogP contribution in [0.1, 0.15) is 111 Å². The van der Waals surface area contributed by atoms with Gasteiger partial charge in [0, 0.05) is 20.1 Å². The Balaban J connectivity index is 0.000000182. The third kappa shape index (κ3) is 14.0. The predicted molar refractivity (Wildman–Crippen MR) is 329 cm³/mol. The summed E-state index contributed by atoms with van der Waals surface area (Å²) in [6.45, 7) is -0.384. The second-order valence-electron chi connectivity index (χ2n) is 23.1. The summed E-state index contributed by atoms with van der Waals surface area (Å²) in [7, 11) is -7.91. The fourth-order valence-corrected chi connectivity index (χ4v) is 16.4. The number of rotatable bonds is 22. The molecule has 16 nitrogen and oxygen atoms in total. The standard InChI is InChI=1S/2C32H31Cl2FN2O6S/c2*33-22-12-10-20(11-13-22)30-31(21-4-3-5-23(34)16-21)43-28(17-29(38)39)32(40)37(30)27(19-8-9-19)18-36(44(41,42)24-14-15-24)26-7-2-1-6-25(26)35/h2*1-7,10-13,16,19,24,27-28,30-31H,8-9,14-15,17-18H2,(H,38,39)/t27-,28+,30-,31-;27-,28-,30-,31-/m11/s1. The van der Waals surface area contributed by atoms with Crippen LogP contribution in [0.15, 0.2) is 146 Å². The normalized spacial score (nSPS) is 22.9. The second kappa shape index (κ2) is 26.2. The molecule has 12 rings (SSSR count). The summed E-state index contributed by atoms with van der Waals surface area (Å²) in [6, 6.07) is 36.1. The summed E-state index contributed by atoms with van der Waals surface area (Å²) >= 11 is 25.2. The minimum absolute atomic E-state index is 0.0812. The first-order valence-corrected chi connectivity index (χ1v) is 33.5. The smallest absolute Gasteiger partial charge is 0.306 e. The van der Waals surface area contributed by atoms with Gasteiger partial charge in [0.1, 0.15) is 36.1 Å². The molecule has 6 fully saturated rings. The Morgan fingerprint density at radius 3 is 1.15 bits per heavy atom. The van der Waals surface area contributed by atoms with E-state index in [9.17, 15) is 46.2 Å². The number of sulfonamides is 2. The Hall–Kier alpha value is -6.36. The van der Waals surface area contributed by atoms with Crippen LogP contribution in [0.4, 0.5) is 20.2 Å². The molecule has 6 aromatic rings. The Bertz CT molecular complexity index is 3580. The third-order valence-corrected chi connectivity index (χ3v) is 22.4. The van der Waals surface area contributed by atoms with Gasteiger partial charge in [-0.05, 0) is 158 Å². The molecular formula is C64H62Cl4F2N4O12S2. The van der Waals surface area contributed by atoms with E-state index in [0.29, 0.717) is 68.0 Å². The highest BCUT2D eigenvalue weighted by Gasteiger charge is 2.55. The Labute approximate surface area is 528 Å². The van der Waals surface area contributed by atoms with Crippen LogP contribution in [-0.2, 0) is 48.7 Å². The minimum Gasteiger partial charge on any atom is -0.481 e. The van der Waals surface area contributed by atoms with Crippen LogP contribution in [0.25, 0.3) is 0 Å².